The Bertz CT molecular complexity index is 502. The third-order valence-corrected chi connectivity index (χ3v) is 3.68. The van der Waals surface area contributed by atoms with Crippen LogP contribution < -0.4 is 0 Å². The molecule has 0 heterocycles. The van der Waals surface area contributed by atoms with Crippen molar-refractivity contribution in [3.05, 3.63) is 35.1 Å². The number of alkyl halides is 3. The molecule has 0 aliphatic heterocycles. The quantitative estimate of drug-likeness (QED) is 0.835. The minimum atomic E-state index is -4.63. The van der Waals surface area contributed by atoms with Crippen molar-refractivity contribution >= 4 is 5.97 Å². The summed E-state index contributed by atoms with van der Waals surface area (Å²) in [6.45, 7) is 0. The average molecular weight is 276 g/mol. The van der Waals surface area contributed by atoms with Gasteiger partial charge in [-0.1, -0.05) is 18.9 Å². The number of hydrogen-bond donors (Lipinski definition) is 1. The Morgan fingerprint density at radius 2 is 1.79 bits per heavy atom. The maximum absolute atomic E-state index is 13.9. The van der Waals surface area contributed by atoms with Gasteiger partial charge in [0.1, 0.15) is 5.82 Å². The van der Waals surface area contributed by atoms with E-state index in [1.54, 1.807) is 0 Å². The second-order valence-corrected chi connectivity index (χ2v) is 4.79. The number of carboxylic acid groups (broad SMARTS) is 1. The highest BCUT2D eigenvalue weighted by atomic mass is 19.4. The van der Waals surface area contributed by atoms with Crippen molar-refractivity contribution in [2.24, 2.45) is 0 Å². The Hall–Kier alpha value is -1.59. The Kier molecular flexibility index (Phi) is 3.28. The van der Waals surface area contributed by atoms with Crippen molar-refractivity contribution < 1.29 is 27.5 Å². The van der Waals surface area contributed by atoms with Crippen LogP contribution in [0.5, 0.6) is 0 Å². The molecule has 0 amide bonds. The van der Waals surface area contributed by atoms with Crippen LogP contribution in [-0.4, -0.2) is 11.1 Å². The molecule has 1 aromatic rings. The summed E-state index contributed by atoms with van der Waals surface area (Å²) in [5, 5.41) is 9.28. The van der Waals surface area contributed by atoms with Gasteiger partial charge in [-0.2, -0.15) is 13.2 Å². The molecule has 0 radical (unpaired) electrons. The standard InChI is InChI=1S/C13H12F4O2/c14-10-7-8(13(15,16)17)3-4-9(10)12(11(18)19)5-1-2-6-12/h3-4,7H,1-2,5-6H2,(H,18,19). The first-order valence-electron chi connectivity index (χ1n) is 5.88. The Balaban J connectivity index is 2.49. The molecule has 1 aromatic carbocycles. The zero-order valence-electron chi connectivity index (χ0n) is 9.93. The average Bonchev–Trinajstić information content (AvgIpc) is 2.77. The monoisotopic (exact) mass is 276 g/mol. The molecular formula is C13H12F4O2. The van der Waals surface area contributed by atoms with Crippen LogP contribution in [0.1, 0.15) is 36.8 Å². The molecule has 0 unspecified atom stereocenters. The summed E-state index contributed by atoms with van der Waals surface area (Å²) in [5.74, 6) is -2.28. The summed E-state index contributed by atoms with van der Waals surface area (Å²) in [7, 11) is 0. The van der Waals surface area contributed by atoms with Crippen molar-refractivity contribution in [1.82, 2.24) is 0 Å². The van der Waals surface area contributed by atoms with E-state index in [-0.39, 0.29) is 18.4 Å². The number of hydrogen-bond acceptors (Lipinski definition) is 1. The second kappa shape index (κ2) is 4.51. The van der Waals surface area contributed by atoms with Crippen LogP contribution in [0.4, 0.5) is 17.6 Å². The summed E-state index contributed by atoms with van der Waals surface area (Å²) < 4.78 is 51.2. The van der Waals surface area contributed by atoms with Gasteiger partial charge >= 0.3 is 12.1 Å². The first kappa shape index (κ1) is 13.8. The largest absolute Gasteiger partial charge is 0.481 e. The normalized spacial score (nSPS) is 18.5. The van der Waals surface area contributed by atoms with E-state index < -0.39 is 28.9 Å². The molecule has 0 saturated heterocycles. The van der Waals surface area contributed by atoms with Crippen molar-refractivity contribution in [3.63, 3.8) is 0 Å². The molecule has 0 bridgehead atoms. The van der Waals surface area contributed by atoms with E-state index in [1.807, 2.05) is 0 Å². The molecule has 1 saturated carbocycles. The van der Waals surface area contributed by atoms with Crippen molar-refractivity contribution in [3.8, 4) is 0 Å². The van der Waals surface area contributed by atoms with Crippen LogP contribution in [0.25, 0.3) is 0 Å². The molecule has 6 heteroatoms. The number of carbonyl (C=O) groups is 1. The lowest BCUT2D eigenvalue weighted by Crippen LogP contribution is -2.33. The second-order valence-electron chi connectivity index (χ2n) is 4.79. The van der Waals surface area contributed by atoms with Crippen LogP contribution in [0.3, 0.4) is 0 Å². The Labute approximate surface area is 107 Å². The van der Waals surface area contributed by atoms with Crippen molar-refractivity contribution in [2.45, 2.75) is 37.3 Å². The minimum absolute atomic E-state index is 0.148. The van der Waals surface area contributed by atoms with Gasteiger partial charge in [0.15, 0.2) is 0 Å². The van der Waals surface area contributed by atoms with Crippen molar-refractivity contribution in [1.29, 1.82) is 0 Å². The van der Waals surface area contributed by atoms with Gasteiger partial charge in [0.05, 0.1) is 11.0 Å². The zero-order valence-corrected chi connectivity index (χ0v) is 9.93. The maximum Gasteiger partial charge on any atom is 0.416 e. The first-order chi connectivity index (χ1) is 8.77. The van der Waals surface area contributed by atoms with Gasteiger partial charge in [0.2, 0.25) is 0 Å². The van der Waals surface area contributed by atoms with Gasteiger partial charge < -0.3 is 5.11 Å². The number of carboxylic acids is 1. The van der Waals surface area contributed by atoms with Gasteiger partial charge in [-0.25, -0.2) is 4.39 Å². The van der Waals surface area contributed by atoms with Crippen LogP contribution >= 0.6 is 0 Å². The van der Waals surface area contributed by atoms with E-state index in [1.165, 1.54) is 0 Å². The van der Waals surface area contributed by atoms with Gasteiger partial charge in [-0.05, 0) is 25.0 Å². The fraction of sp³-hybridized carbons (Fsp3) is 0.462. The highest BCUT2D eigenvalue weighted by Gasteiger charge is 2.45. The fourth-order valence-corrected chi connectivity index (χ4v) is 2.66. The van der Waals surface area contributed by atoms with Gasteiger partial charge in [-0.3, -0.25) is 4.79 Å². The molecule has 1 aliphatic rings. The van der Waals surface area contributed by atoms with Gasteiger partial charge in [0.25, 0.3) is 0 Å². The Morgan fingerprint density at radius 3 is 2.21 bits per heavy atom. The Morgan fingerprint density at radius 1 is 1.21 bits per heavy atom. The number of aliphatic carboxylic acids is 1. The molecule has 0 spiro atoms. The molecule has 1 aliphatic carbocycles. The SMILES string of the molecule is O=C(O)C1(c2ccc(C(F)(F)F)cc2F)CCCC1. The van der Waals surface area contributed by atoms with Crippen LogP contribution in [-0.2, 0) is 16.4 Å². The van der Waals surface area contributed by atoms with Gasteiger partial charge in [-0.15, -0.1) is 0 Å². The predicted octanol–water partition coefficient (Wildman–Crippen LogP) is 3.74. The molecule has 0 aromatic heterocycles. The number of benzene rings is 1. The van der Waals surface area contributed by atoms with Crippen molar-refractivity contribution in [2.75, 3.05) is 0 Å². The highest BCUT2D eigenvalue weighted by molar-refractivity contribution is 5.82. The molecule has 1 fully saturated rings. The number of rotatable bonds is 2. The molecule has 1 N–H and O–H groups in total. The van der Waals surface area contributed by atoms with E-state index in [4.69, 9.17) is 0 Å². The van der Waals surface area contributed by atoms with Crippen LogP contribution in [0, 0.1) is 5.82 Å². The zero-order chi connectivity index (χ0) is 14.3. The maximum atomic E-state index is 13.9. The summed E-state index contributed by atoms with van der Waals surface area (Å²) >= 11 is 0. The van der Waals surface area contributed by atoms with Crippen LogP contribution in [0.2, 0.25) is 0 Å². The molecule has 0 atom stereocenters. The lowest BCUT2D eigenvalue weighted by molar-refractivity contribution is -0.143. The molecule has 104 valence electrons. The summed E-state index contributed by atoms with van der Waals surface area (Å²) in [6, 6.07) is 2.07. The highest BCUT2D eigenvalue weighted by Crippen LogP contribution is 2.43. The first-order valence-corrected chi connectivity index (χ1v) is 5.88. The summed E-state index contributed by atoms with van der Waals surface area (Å²) in [5.41, 5.74) is -2.63. The molecule has 19 heavy (non-hydrogen) atoms. The van der Waals surface area contributed by atoms with E-state index in [2.05, 4.69) is 0 Å². The molecule has 2 rings (SSSR count). The van der Waals surface area contributed by atoms with E-state index >= 15 is 0 Å². The lowest BCUT2D eigenvalue weighted by Gasteiger charge is -2.25. The third-order valence-electron chi connectivity index (χ3n) is 3.68. The smallest absolute Gasteiger partial charge is 0.416 e. The fourth-order valence-electron chi connectivity index (χ4n) is 2.66. The molecule has 2 nitrogen and oxygen atoms in total. The van der Waals surface area contributed by atoms with E-state index in [9.17, 15) is 27.5 Å². The van der Waals surface area contributed by atoms with Gasteiger partial charge in [0, 0.05) is 5.56 Å². The predicted molar refractivity (Wildman–Crippen MR) is 59.2 cm³/mol. The van der Waals surface area contributed by atoms with E-state index in [0.29, 0.717) is 18.9 Å². The van der Waals surface area contributed by atoms with E-state index in [0.717, 1.165) is 12.1 Å². The van der Waals surface area contributed by atoms with Crippen LogP contribution in [0.15, 0.2) is 18.2 Å². The molecular weight excluding hydrogens is 264 g/mol. The topological polar surface area (TPSA) is 37.3 Å². The summed E-state index contributed by atoms with van der Waals surface area (Å²) in [6.07, 6.45) is -2.86. The number of halogens is 4. The third kappa shape index (κ3) is 2.31. The summed E-state index contributed by atoms with van der Waals surface area (Å²) in [4.78, 5) is 11.4. The minimum Gasteiger partial charge on any atom is -0.481 e. The lowest BCUT2D eigenvalue weighted by atomic mass is 9.78.